The van der Waals surface area contributed by atoms with Crippen molar-refractivity contribution in [1.29, 1.82) is 0 Å². The van der Waals surface area contributed by atoms with E-state index >= 15 is 0 Å². The van der Waals surface area contributed by atoms with Crippen LogP contribution in [0.25, 0.3) is 0 Å². The molecule has 0 radical (unpaired) electrons. The summed E-state index contributed by atoms with van der Waals surface area (Å²) in [5.74, 6) is -0.501. The van der Waals surface area contributed by atoms with Crippen molar-refractivity contribution in [3.8, 4) is 0 Å². The lowest BCUT2D eigenvalue weighted by atomic mass is 9.94. The predicted molar refractivity (Wildman–Crippen MR) is 49.7 cm³/mol. The first-order valence-electron chi connectivity index (χ1n) is 5.37. The Balaban J connectivity index is 2.01. The summed E-state index contributed by atoms with van der Waals surface area (Å²) in [6, 6.07) is 0. The van der Waals surface area contributed by atoms with Gasteiger partial charge in [0.25, 0.3) is 0 Å². The number of hydrogen-bond acceptors (Lipinski definition) is 4. The van der Waals surface area contributed by atoms with Crippen LogP contribution in [0, 0.1) is 0 Å². The number of aliphatic hydroxyl groups is 2. The molecule has 0 aromatic rings. The molecule has 1 aliphatic carbocycles. The summed E-state index contributed by atoms with van der Waals surface area (Å²) >= 11 is 0. The number of rotatable bonds is 2. The topological polar surface area (TPSA) is 58.9 Å². The van der Waals surface area contributed by atoms with E-state index in [0.29, 0.717) is 0 Å². The van der Waals surface area contributed by atoms with Gasteiger partial charge < -0.3 is 19.7 Å². The van der Waals surface area contributed by atoms with Gasteiger partial charge in [-0.05, 0) is 12.8 Å². The van der Waals surface area contributed by atoms with Crippen LogP contribution >= 0.6 is 0 Å². The fourth-order valence-corrected chi connectivity index (χ4v) is 2.37. The molecular weight excluding hydrogens is 184 g/mol. The Labute approximate surface area is 83.8 Å². The first-order valence-corrected chi connectivity index (χ1v) is 5.37. The van der Waals surface area contributed by atoms with Crippen LogP contribution in [0.5, 0.6) is 0 Å². The van der Waals surface area contributed by atoms with Crippen LogP contribution in [0.4, 0.5) is 0 Å². The van der Waals surface area contributed by atoms with Crippen LogP contribution < -0.4 is 0 Å². The van der Waals surface area contributed by atoms with E-state index in [9.17, 15) is 0 Å². The molecule has 4 nitrogen and oxygen atoms in total. The quantitative estimate of drug-likeness (QED) is 0.681. The van der Waals surface area contributed by atoms with Crippen LogP contribution in [-0.4, -0.2) is 41.4 Å². The SMILES string of the molecule is OC[C@H]1OC2(CCCCC2)O[C@@H]1CO. The molecule has 2 aliphatic rings. The summed E-state index contributed by atoms with van der Waals surface area (Å²) < 4.78 is 11.4. The van der Waals surface area contributed by atoms with Crippen LogP contribution in [-0.2, 0) is 9.47 Å². The highest BCUT2D eigenvalue weighted by atomic mass is 16.8. The van der Waals surface area contributed by atoms with Gasteiger partial charge in [0.15, 0.2) is 5.79 Å². The van der Waals surface area contributed by atoms with Crippen molar-refractivity contribution in [2.75, 3.05) is 13.2 Å². The maximum atomic E-state index is 9.07. The molecule has 82 valence electrons. The molecule has 0 unspecified atom stereocenters. The van der Waals surface area contributed by atoms with Crippen molar-refractivity contribution in [2.24, 2.45) is 0 Å². The van der Waals surface area contributed by atoms with E-state index in [4.69, 9.17) is 19.7 Å². The lowest BCUT2D eigenvalue weighted by Gasteiger charge is -2.31. The molecule has 1 saturated heterocycles. The second kappa shape index (κ2) is 4.14. The van der Waals surface area contributed by atoms with Crippen LogP contribution in [0.3, 0.4) is 0 Å². The summed E-state index contributed by atoms with van der Waals surface area (Å²) in [5, 5.41) is 18.1. The molecule has 0 amide bonds. The summed E-state index contributed by atoms with van der Waals surface area (Å²) in [7, 11) is 0. The van der Waals surface area contributed by atoms with Crippen LogP contribution in [0.2, 0.25) is 0 Å². The molecule has 1 heterocycles. The van der Waals surface area contributed by atoms with E-state index < -0.39 is 5.79 Å². The van der Waals surface area contributed by atoms with E-state index in [-0.39, 0.29) is 25.4 Å². The fourth-order valence-electron chi connectivity index (χ4n) is 2.37. The van der Waals surface area contributed by atoms with Gasteiger partial charge in [0.05, 0.1) is 13.2 Å². The zero-order valence-electron chi connectivity index (χ0n) is 8.32. The molecule has 2 N–H and O–H groups in total. The van der Waals surface area contributed by atoms with E-state index in [1.807, 2.05) is 0 Å². The molecule has 2 atom stereocenters. The third kappa shape index (κ3) is 1.80. The average Bonchev–Trinajstić information content (AvgIpc) is 2.57. The minimum atomic E-state index is -0.501. The lowest BCUT2D eigenvalue weighted by Crippen LogP contribution is -2.33. The third-order valence-corrected chi connectivity index (χ3v) is 3.12. The zero-order valence-corrected chi connectivity index (χ0v) is 8.32. The van der Waals surface area contributed by atoms with Crippen molar-refractivity contribution in [3.05, 3.63) is 0 Å². The normalized spacial score (nSPS) is 36.4. The van der Waals surface area contributed by atoms with Gasteiger partial charge >= 0.3 is 0 Å². The molecule has 1 spiro atoms. The van der Waals surface area contributed by atoms with Crippen molar-refractivity contribution in [2.45, 2.75) is 50.1 Å². The maximum absolute atomic E-state index is 9.07. The maximum Gasteiger partial charge on any atom is 0.169 e. The second-order valence-electron chi connectivity index (χ2n) is 4.15. The fraction of sp³-hybridized carbons (Fsp3) is 1.00. The second-order valence-corrected chi connectivity index (χ2v) is 4.15. The Morgan fingerprint density at radius 2 is 1.43 bits per heavy atom. The van der Waals surface area contributed by atoms with Gasteiger partial charge in [-0.1, -0.05) is 6.42 Å². The molecule has 0 aromatic heterocycles. The van der Waals surface area contributed by atoms with Crippen molar-refractivity contribution in [3.63, 3.8) is 0 Å². The van der Waals surface area contributed by atoms with Crippen LogP contribution in [0.1, 0.15) is 32.1 Å². The Hall–Kier alpha value is -0.160. The molecule has 14 heavy (non-hydrogen) atoms. The third-order valence-electron chi connectivity index (χ3n) is 3.12. The predicted octanol–water partition coefficient (Wildman–Crippen LogP) is 0.415. The highest BCUT2D eigenvalue weighted by Crippen LogP contribution is 2.40. The minimum absolute atomic E-state index is 0.0764. The van der Waals surface area contributed by atoms with Gasteiger partial charge in [0.1, 0.15) is 12.2 Å². The molecule has 4 heteroatoms. The van der Waals surface area contributed by atoms with Gasteiger partial charge in [-0.3, -0.25) is 0 Å². The van der Waals surface area contributed by atoms with Crippen LogP contribution in [0.15, 0.2) is 0 Å². The first kappa shape index (κ1) is 10.4. The molecule has 1 aliphatic heterocycles. The zero-order chi connectivity index (χ0) is 10.0. The molecule has 1 saturated carbocycles. The number of ether oxygens (including phenoxy) is 2. The highest BCUT2D eigenvalue weighted by molar-refractivity contribution is 4.87. The number of hydrogen-bond donors (Lipinski definition) is 2. The Bertz CT molecular complexity index is 175. The van der Waals surface area contributed by atoms with E-state index in [2.05, 4.69) is 0 Å². The first-order chi connectivity index (χ1) is 6.79. The van der Waals surface area contributed by atoms with Crippen molar-refractivity contribution in [1.82, 2.24) is 0 Å². The molecule has 2 fully saturated rings. The van der Waals surface area contributed by atoms with Gasteiger partial charge in [-0.15, -0.1) is 0 Å². The minimum Gasteiger partial charge on any atom is -0.394 e. The van der Waals surface area contributed by atoms with Gasteiger partial charge in [-0.2, -0.15) is 0 Å². The summed E-state index contributed by atoms with van der Waals surface area (Å²) in [5.41, 5.74) is 0. The molecule has 2 rings (SSSR count). The van der Waals surface area contributed by atoms with Gasteiger partial charge in [0, 0.05) is 12.8 Å². The standard InChI is InChI=1S/C10H18O4/c11-6-8-9(7-12)14-10(13-8)4-2-1-3-5-10/h8-9,11-12H,1-7H2/t8-,9-/m1/s1. The summed E-state index contributed by atoms with van der Waals surface area (Å²) in [6.45, 7) is -0.153. The smallest absolute Gasteiger partial charge is 0.169 e. The summed E-state index contributed by atoms with van der Waals surface area (Å²) in [4.78, 5) is 0. The van der Waals surface area contributed by atoms with Crippen molar-refractivity contribution >= 4 is 0 Å². The number of aliphatic hydroxyl groups excluding tert-OH is 2. The molecular formula is C10H18O4. The largest absolute Gasteiger partial charge is 0.394 e. The van der Waals surface area contributed by atoms with E-state index in [1.54, 1.807) is 0 Å². The summed E-state index contributed by atoms with van der Waals surface area (Å²) in [6.07, 6.45) is 4.52. The van der Waals surface area contributed by atoms with E-state index in [1.165, 1.54) is 6.42 Å². The van der Waals surface area contributed by atoms with Gasteiger partial charge in [0.2, 0.25) is 0 Å². The monoisotopic (exact) mass is 202 g/mol. The van der Waals surface area contributed by atoms with E-state index in [0.717, 1.165) is 25.7 Å². The highest BCUT2D eigenvalue weighted by Gasteiger charge is 2.47. The lowest BCUT2D eigenvalue weighted by molar-refractivity contribution is -0.197. The Kier molecular flexibility index (Phi) is 3.07. The average molecular weight is 202 g/mol. The Morgan fingerprint density at radius 1 is 0.929 bits per heavy atom. The van der Waals surface area contributed by atoms with Crippen molar-refractivity contribution < 1.29 is 19.7 Å². The van der Waals surface area contributed by atoms with Gasteiger partial charge in [-0.25, -0.2) is 0 Å². The molecule has 0 bridgehead atoms. The molecule has 0 aromatic carbocycles. The Morgan fingerprint density at radius 3 is 1.86 bits per heavy atom.